The number of rotatable bonds is 6. The van der Waals surface area contributed by atoms with Crippen molar-refractivity contribution in [1.29, 1.82) is 0 Å². The number of carbonyl (C=O) groups is 1. The number of ether oxygens (including phenoxy) is 1. The van der Waals surface area contributed by atoms with Gasteiger partial charge in [-0.15, -0.1) is 24.0 Å². The number of nitrogens with one attached hydrogen (secondary N) is 2. The third kappa shape index (κ3) is 8.79. The predicted molar refractivity (Wildman–Crippen MR) is 135 cm³/mol. The number of guanidine groups is 1. The number of hydrogen-bond donors (Lipinski definition) is 2. The number of aliphatic imine (C=N–C) groups is 1. The van der Waals surface area contributed by atoms with Crippen LogP contribution in [0.2, 0.25) is 0 Å². The van der Waals surface area contributed by atoms with E-state index in [4.69, 9.17) is 9.73 Å². The van der Waals surface area contributed by atoms with Gasteiger partial charge in [0.1, 0.15) is 0 Å². The Morgan fingerprint density at radius 2 is 1.93 bits per heavy atom. The van der Waals surface area contributed by atoms with E-state index >= 15 is 0 Å². The molecule has 1 aromatic rings. The minimum Gasteiger partial charge on any atom is -0.373 e. The average molecular weight is 530 g/mol. The van der Waals surface area contributed by atoms with Crippen LogP contribution in [0.15, 0.2) is 29.3 Å². The number of hydrogen-bond acceptors (Lipinski definition) is 3. The van der Waals surface area contributed by atoms with Crippen LogP contribution < -0.4 is 10.6 Å². The molecule has 1 aliphatic rings. The van der Waals surface area contributed by atoms with Gasteiger partial charge in [0.2, 0.25) is 5.91 Å². The zero-order valence-corrected chi connectivity index (χ0v) is 21.7. The zero-order chi connectivity index (χ0) is 21.4. The Kier molecular flexibility index (Phi) is 11.1. The molecule has 1 amide bonds. The number of halogens is 1. The molecule has 6 nitrogen and oxygen atoms in total. The zero-order valence-electron chi connectivity index (χ0n) is 19.3. The first kappa shape index (κ1) is 26.7. The molecule has 1 saturated heterocycles. The van der Waals surface area contributed by atoms with E-state index in [1.807, 2.05) is 39.6 Å². The molecule has 2 atom stereocenters. The normalized spacial score (nSPS) is 19.6. The van der Waals surface area contributed by atoms with Crippen molar-refractivity contribution in [2.45, 2.75) is 59.1 Å². The second-order valence-corrected chi connectivity index (χ2v) is 8.95. The molecule has 1 fully saturated rings. The Bertz CT molecular complexity index is 685. The summed E-state index contributed by atoms with van der Waals surface area (Å²) >= 11 is 0. The van der Waals surface area contributed by atoms with E-state index in [0.717, 1.165) is 32.0 Å². The van der Waals surface area contributed by atoms with Gasteiger partial charge < -0.3 is 20.3 Å². The summed E-state index contributed by atoms with van der Waals surface area (Å²) in [7, 11) is 1.90. The standard InChI is InChI=1S/C23H38N4O2.HI/c1-7-24-22(27(6)16-20(28)26-23(3,4)5)25-15-19-9-8-14-29-21(19)18-12-10-17(2)11-13-18;/h10-13,19,21H,7-9,14-16H2,1-6H3,(H,24,25)(H,26,28);1H. The van der Waals surface area contributed by atoms with Crippen molar-refractivity contribution in [3.63, 3.8) is 0 Å². The highest BCUT2D eigenvalue weighted by atomic mass is 127. The molecule has 7 heteroatoms. The quantitative estimate of drug-likeness (QED) is 0.333. The lowest BCUT2D eigenvalue weighted by Crippen LogP contribution is -2.49. The predicted octanol–water partition coefficient (Wildman–Crippen LogP) is 3.89. The van der Waals surface area contributed by atoms with E-state index in [0.29, 0.717) is 12.5 Å². The van der Waals surface area contributed by atoms with E-state index in [9.17, 15) is 4.79 Å². The first-order chi connectivity index (χ1) is 13.7. The summed E-state index contributed by atoms with van der Waals surface area (Å²) in [5, 5.41) is 6.31. The molecule has 0 aliphatic carbocycles. The number of aryl methyl sites for hydroxylation is 1. The van der Waals surface area contributed by atoms with Gasteiger partial charge >= 0.3 is 0 Å². The van der Waals surface area contributed by atoms with Crippen LogP contribution in [-0.2, 0) is 9.53 Å². The van der Waals surface area contributed by atoms with Gasteiger partial charge in [0.25, 0.3) is 0 Å². The van der Waals surface area contributed by atoms with Gasteiger partial charge in [-0.25, -0.2) is 0 Å². The Labute approximate surface area is 199 Å². The topological polar surface area (TPSA) is 66.0 Å². The Morgan fingerprint density at radius 1 is 1.27 bits per heavy atom. The summed E-state index contributed by atoms with van der Waals surface area (Å²) in [4.78, 5) is 19.0. The first-order valence-corrected chi connectivity index (χ1v) is 10.7. The smallest absolute Gasteiger partial charge is 0.240 e. The maximum Gasteiger partial charge on any atom is 0.240 e. The van der Waals surface area contributed by atoms with Crippen LogP contribution in [0.1, 0.15) is 57.8 Å². The number of nitrogens with zero attached hydrogens (tertiary/aromatic N) is 2. The largest absolute Gasteiger partial charge is 0.373 e. The summed E-state index contributed by atoms with van der Waals surface area (Å²) < 4.78 is 6.12. The molecule has 0 radical (unpaired) electrons. The van der Waals surface area contributed by atoms with E-state index in [1.54, 1.807) is 0 Å². The summed E-state index contributed by atoms with van der Waals surface area (Å²) in [5.41, 5.74) is 2.23. The van der Waals surface area contributed by atoms with Gasteiger partial charge in [-0.3, -0.25) is 9.79 Å². The van der Waals surface area contributed by atoms with Crippen LogP contribution in [-0.4, -0.2) is 55.6 Å². The van der Waals surface area contributed by atoms with Crippen LogP contribution >= 0.6 is 24.0 Å². The lowest BCUT2D eigenvalue weighted by molar-refractivity contribution is -0.122. The van der Waals surface area contributed by atoms with Crippen LogP contribution in [0.25, 0.3) is 0 Å². The average Bonchev–Trinajstić information content (AvgIpc) is 2.64. The van der Waals surface area contributed by atoms with Crippen molar-refractivity contribution in [2.75, 3.05) is 33.3 Å². The number of likely N-dealkylation sites (N-methyl/N-ethyl adjacent to an activating group) is 1. The molecule has 170 valence electrons. The second kappa shape index (κ2) is 12.5. The molecule has 2 unspecified atom stereocenters. The minimum absolute atomic E-state index is 0. The van der Waals surface area contributed by atoms with Crippen molar-refractivity contribution in [3.8, 4) is 0 Å². The van der Waals surface area contributed by atoms with Gasteiger partial charge in [0.05, 0.1) is 12.6 Å². The highest BCUT2D eigenvalue weighted by Crippen LogP contribution is 2.34. The van der Waals surface area contributed by atoms with Crippen LogP contribution in [0.4, 0.5) is 0 Å². The van der Waals surface area contributed by atoms with E-state index in [1.165, 1.54) is 11.1 Å². The van der Waals surface area contributed by atoms with Gasteiger partial charge in [-0.05, 0) is 53.0 Å². The van der Waals surface area contributed by atoms with E-state index < -0.39 is 0 Å². The second-order valence-electron chi connectivity index (χ2n) is 8.95. The Balaban J connectivity index is 0.00000450. The molecule has 0 aromatic heterocycles. The van der Waals surface area contributed by atoms with Crippen LogP contribution in [0.5, 0.6) is 0 Å². The lowest BCUT2D eigenvalue weighted by Gasteiger charge is -2.32. The van der Waals surface area contributed by atoms with Gasteiger partial charge in [-0.1, -0.05) is 29.8 Å². The van der Waals surface area contributed by atoms with Crippen molar-refractivity contribution >= 4 is 35.8 Å². The SMILES string of the molecule is CCNC(=NCC1CCCOC1c1ccc(C)cc1)N(C)CC(=O)NC(C)(C)C.I. The van der Waals surface area contributed by atoms with Crippen LogP contribution in [0, 0.1) is 12.8 Å². The molecule has 0 spiro atoms. The van der Waals surface area contributed by atoms with Gasteiger partial charge in [-0.2, -0.15) is 0 Å². The van der Waals surface area contributed by atoms with Crippen molar-refractivity contribution in [3.05, 3.63) is 35.4 Å². The summed E-state index contributed by atoms with van der Waals surface area (Å²) in [6, 6.07) is 8.60. The fourth-order valence-electron chi connectivity index (χ4n) is 3.58. The van der Waals surface area contributed by atoms with Crippen molar-refractivity contribution in [2.24, 2.45) is 10.9 Å². The summed E-state index contributed by atoms with van der Waals surface area (Å²) in [5.74, 6) is 1.07. The fourth-order valence-corrected chi connectivity index (χ4v) is 3.58. The van der Waals surface area contributed by atoms with Gasteiger partial charge in [0, 0.05) is 38.2 Å². The van der Waals surface area contributed by atoms with Crippen LogP contribution in [0.3, 0.4) is 0 Å². The third-order valence-electron chi connectivity index (χ3n) is 4.92. The highest BCUT2D eigenvalue weighted by molar-refractivity contribution is 14.0. The number of amides is 1. The molecule has 1 aliphatic heterocycles. The first-order valence-electron chi connectivity index (χ1n) is 10.7. The van der Waals surface area contributed by atoms with E-state index in [-0.39, 0.29) is 48.1 Å². The monoisotopic (exact) mass is 530 g/mol. The van der Waals surface area contributed by atoms with Crippen molar-refractivity contribution in [1.82, 2.24) is 15.5 Å². The molecule has 30 heavy (non-hydrogen) atoms. The maximum absolute atomic E-state index is 12.3. The van der Waals surface area contributed by atoms with Gasteiger partial charge in [0.15, 0.2) is 5.96 Å². The lowest BCUT2D eigenvalue weighted by atomic mass is 9.89. The number of benzene rings is 1. The number of carbonyl (C=O) groups excluding carboxylic acids is 1. The Morgan fingerprint density at radius 3 is 2.53 bits per heavy atom. The maximum atomic E-state index is 12.3. The molecular formula is C23H39IN4O2. The third-order valence-corrected chi connectivity index (χ3v) is 4.92. The molecule has 1 heterocycles. The van der Waals surface area contributed by atoms with Crippen molar-refractivity contribution < 1.29 is 9.53 Å². The highest BCUT2D eigenvalue weighted by Gasteiger charge is 2.27. The molecule has 0 bridgehead atoms. The molecule has 2 N–H and O–H groups in total. The minimum atomic E-state index is -0.242. The molecular weight excluding hydrogens is 491 g/mol. The summed E-state index contributed by atoms with van der Waals surface area (Å²) in [6.45, 7) is 12.6. The fraction of sp³-hybridized carbons (Fsp3) is 0.652. The molecule has 0 saturated carbocycles. The molecule has 2 rings (SSSR count). The van der Waals surface area contributed by atoms with E-state index in [2.05, 4.69) is 41.8 Å². The molecule has 1 aromatic carbocycles. The Hall–Kier alpha value is -1.35. The summed E-state index contributed by atoms with van der Waals surface area (Å²) in [6.07, 6.45) is 2.23.